The van der Waals surface area contributed by atoms with Crippen LogP contribution in [0, 0.1) is 11.3 Å². The van der Waals surface area contributed by atoms with Gasteiger partial charge in [0.05, 0.1) is 12.7 Å². The number of ether oxygens (including phenoxy) is 1. The fourth-order valence-corrected chi connectivity index (χ4v) is 2.06. The molecule has 0 amide bonds. The van der Waals surface area contributed by atoms with Gasteiger partial charge in [-0.1, -0.05) is 27.7 Å². The van der Waals surface area contributed by atoms with Crippen molar-refractivity contribution in [2.45, 2.75) is 46.3 Å². The molecule has 15 heavy (non-hydrogen) atoms. The molecule has 3 nitrogen and oxygen atoms in total. The molecular formula is C12H25NO2. The number of rotatable bonds is 6. The van der Waals surface area contributed by atoms with Gasteiger partial charge in [-0.15, -0.1) is 0 Å². The van der Waals surface area contributed by atoms with Crippen LogP contribution in [0.25, 0.3) is 0 Å². The SMILES string of the molecule is CC(C)COC1CC(NCCO)C1(C)C. The molecule has 3 heteroatoms. The Kier molecular flexibility index (Phi) is 4.56. The maximum absolute atomic E-state index is 8.75. The van der Waals surface area contributed by atoms with Crippen LogP contribution in [0.1, 0.15) is 34.1 Å². The average molecular weight is 215 g/mol. The Hall–Kier alpha value is -0.120. The average Bonchev–Trinajstić information content (AvgIpc) is 2.15. The number of nitrogens with one attached hydrogen (secondary N) is 1. The maximum atomic E-state index is 8.75. The Morgan fingerprint density at radius 2 is 2.13 bits per heavy atom. The van der Waals surface area contributed by atoms with E-state index in [0.29, 0.717) is 24.6 Å². The van der Waals surface area contributed by atoms with Crippen molar-refractivity contribution in [2.24, 2.45) is 11.3 Å². The zero-order chi connectivity index (χ0) is 11.5. The molecule has 1 aliphatic carbocycles. The first kappa shape index (κ1) is 12.9. The Morgan fingerprint density at radius 3 is 2.60 bits per heavy atom. The largest absolute Gasteiger partial charge is 0.395 e. The van der Waals surface area contributed by atoms with E-state index >= 15 is 0 Å². The number of aliphatic hydroxyl groups is 1. The lowest BCUT2D eigenvalue weighted by Gasteiger charge is -2.52. The van der Waals surface area contributed by atoms with Crippen molar-refractivity contribution < 1.29 is 9.84 Å². The van der Waals surface area contributed by atoms with Gasteiger partial charge in [0.25, 0.3) is 0 Å². The monoisotopic (exact) mass is 215 g/mol. The first-order valence-electron chi connectivity index (χ1n) is 5.94. The summed E-state index contributed by atoms with van der Waals surface area (Å²) >= 11 is 0. The molecule has 0 radical (unpaired) electrons. The van der Waals surface area contributed by atoms with Gasteiger partial charge >= 0.3 is 0 Å². The van der Waals surface area contributed by atoms with Gasteiger partial charge < -0.3 is 15.2 Å². The molecule has 0 spiro atoms. The molecule has 0 bridgehead atoms. The van der Waals surface area contributed by atoms with Gasteiger partial charge in [0, 0.05) is 24.6 Å². The van der Waals surface area contributed by atoms with Gasteiger partial charge in [0.15, 0.2) is 0 Å². The van der Waals surface area contributed by atoms with Crippen LogP contribution in [0.15, 0.2) is 0 Å². The van der Waals surface area contributed by atoms with Crippen LogP contribution < -0.4 is 5.32 Å². The molecular weight excluding hydrogens is 190 g/mol. The van der Waals surface area contributed by atoms with Crippen LogP contribution in [0.2, 0.25) is 0 Å². The molecule has 0 aromatic heterocycles. The molecule has 1 rings (SSSR count). The maximum Gasteiger partial charge on any atom is 0.0656 e. The fourth-order valence-electron chi connectivity index (χ4n) is 2.06. The summed E-state index contributed by atoms with van der Waals surface area (Å²) in [7, 11) is 0. The summed E-state index contributed by atoms with van der Waals surface area (Å²) < 4.78 is 5.86. The lowest BCUT2D eigenvalue weighted by atomic mass is 9.64. The van der Waals surface area contributed by atoms with Crippen LogP contribution >= 0.6 is 0 Å². The molecule has 2 unspecified atom stereocenters. The van der Waals surface area contributed by atoms with Crippen molar-refractivity contribution in [1.82, 2.24) is 5.32 Å². The number of hydrogen-bond donors (Lipinski definition) is 2. The van der Waals surface area contributed by atoms with E-state index in [4.69, 9.17) is 9.84 Å². The quantitative estimate of drug-likeness (QED) is 0.704. The first-order chi connectivity index (χ1) is 6.98. The van der Waals surface area contributed by atoms with E-state index in [9.17, 15) is 0 Å². The van der Waals surface area contributed by atoms with Gasteiger partial charge in [-0.2, -0.15) is 0 Å². The highest BCUT2D eigenvalue weighted by atomic mass is 16.5. The van der Waals surface area contributed by atoms with E-state index in [1.54, 1.807) is 0 Å². The van der Waals surface area contributed by atoms with E-state index in [2.05, 4.69) is 33.0 Å². The van der Waals surface area contributed by atoms with Crippen LogP contribution in [-0.2, 0) is 4.74 Å². The topological polar surface area (TPSA) is 41.5 Å². The summed E-state index contributed by atoms with van der Waals surface area (Å²) in [6.45, 7) is 10.6. The second kappa shape index (κ2) is 5.28. The van der Waals surface area contributed by atoms with Gasteiger partial charge in [-0.25, -0.2) is 0 Å². The predicted octanol–water partition coefficient (Wildman–Crippen LogP) is 1.41. The molecule has 0 saturated heterocycles. The molecule has 2 atom stereocenters. The van der Waals surface area contributed by atoms with Gasteiger partial charge in [-0.3, -0.25) is 0 Å². The molecule has 0 aromatic carbocycles. The van der Waals surface area contributed by atoms with Crippen molar-refractivity contribution in [2.75, 3.05) is 19.8 Å². The molecule has 0 heterocycles. The summed E-state index contributed by atoms with van der Waals surface area (Å²) in [4.78, 5) is 0. The van der Waals surface area contributed by atoms with Crippen molar-refractivity contribution in [3.05, 3.63) is 0 Å². The third-order valence-electron chi connectivity index (χ3n) is 3.31. The van der Waals surface area contributed by atoms with Crippen molar-refractivity contribution in [1.29, 1.82) is 0 Å². The summed E-state index contributed by atoms with van der Waals surface area (Å²) in [5.41, 5.74) is 0.198. The Balaban J connectivity index is 2.28. The summed E-state index contributed by atoms with van der Waals surface area (Å²) in [5.74, 6) is 0.602. The van der Waals surface area contributed by atoms with E-state index in [1.807, 2.05) is 0 Å². The molecule has 0 aromatic rings. The van der Waals surface area contributed by atoms with E-state index in [-0.39, 0.29) is 12.0 Å². The molecule has 2 N–H and O–H groups in total. The van der Waals surface area contributed by atoms with Crippen molar-refractivity contribution in [3.63, 3.8) is 0 Å². The van der Waals surface area contributed by atoms with E-state index < -0.39 is 0 Å². The summed E-state index contributed by atoms with van der Waals surface area (Å²) in [6, 6.07) is 0.488. The second-order valence-electron chi connectivity index (χ2n) is 5.50. The summed E-state index contributed by atoms with van der Waals surface area (Å²) in [5, 5.41) is 12.1. The first-order valence-corrected chi connectivity index (χ1v) is 5.94. The lowest BCUT2D eigenvalue weighted by molar-refractivity contribution is -0.124. The number of hydrogen-bond acceptors (Lipinski definition) is 3. The highest BCUT2D eigenvalue weighted by Crippen LogP contribution is 2.42. The molecule has 1 fully saturated rings. The standard InChI is InChI=1S/C12H25NO2/c1-9(2)8-15-11-7-10(12(11,3)4)13-5-6-14/h9-11,13-14H,5-8H2,1-4H3. The van der Waals surface area contributed by atoms with Crippen molar-refractivity contribution in [3.8, 4) is 0 Å². The van der Waals surface area contributed by atoms with Crippen LogP contribution in [0.3, 0.4) is 0 Å². The second-order valence-corrected chi connectivity index (χ2v) is 5.50. The van der Waals surface area contributed by atoms with E-state index in [1.165, 1.54) is 0 Å². The highest BCUT2D eigenvalue weighted by Gasteiger charge is 2.48. The normalized spacial score (nSPS) is 29.2. The van der Waals surface area contributed by atoms with E-state index in [0.717, 1.165) is 13.0 Å². The number of aliphatic hydroxyl groups excluding tert-OH is 1. The Morgan fingerprint density at radius 1 is 1.47 bits per heavy atom. The minimum absolute atomic E-state index is 0.198. The molecule has 90 valence electrons. The van der Waals surface area contributed by atoms with Crippen molar-refractivity contribution >= 4 is 0 Å². The smallest absolute Gasteiger partial charge is 0.0656 e. The predicted molar refractivity (Wildman–Crippen MR) is 61.9 cm³/mol. The summed E-state index contributed by atoms with van der Waals surface area (Å²) in [6.07, 6.45) is 1.44. The minimum atomic E-state index is 0.198. The van der Waals surface area contributed by atoms with Crippen LogP contribution in [0.4, 0.5) is 0 Å². The van der Waals surface area contributed by atoms with Crippen LogP contribution in [0.5, 0.6) is 0 Å². The minimum Gasteiger partial charge on any atom is -0.395 e. The fraction of sp³-hybridized carbons (Fsp3) is 1.00. The third kappa shape index (κ3) is 3.16. The zero-order valence-electron chi connectivity index (χ0n) is 10.4. The molecule has 0 aliphatic heterocycles. The third-order valence-corrected chi connectivity index (χ3v) is 3.31. The van der Waals surface area contributed by atoms with Gasteiger partial charge in [0.2, 0.25) is 0 Å². The Labute approximate surface area is 93.2 Å². The lowest BCUT2D eigenvalue weighted by Crippen LogP contribution is -2.61. The molecule has 1 saturated carbocycles. The van der Waals surface area contributed by atoms with Gasteiger partial charge in [-0.05, 0) is 12.3 Å². The highest BCUT2D eigenvalue weighted by molar-refractivity contribution is 5.02. The Bertz CT molecular complexity index is 192. The van der Waals surface area contributed by atoms with Gasteiger partial charge in [0.1, 0.15) is 0 Å². The van der Waals surface area contributed by atoms with Crippen LogP contribution in [-0.4, -0.2) is 37.0 Å². The zero-order valence-corrected chi connectivity index (χ0v) is 10.4. The molecule has 1 aliphatic rings.